The Morgan fingerprint density at radius 3 is 1.48 bits per heavy atom. The van der Waals surface area contributed by atoms with Crippen LogP contribution in [0.15, 0.2) is 36.4 Å². The summed E-state index contributed by atoms with van der Waals surface area (Å²) in [7, 11) is 0. The molecule has 0 aliphatic carbocycles. The van der Waals surface area contributed by atoms with Crippen molar-refractivity contribution in [1.29, 1.82) is 0 Å². The summed E-state index contributed by atoms with van der Waals surface area (Å²) in [6.45, 7) is 21.6. The third-order valence-electron chi connectivity index (χ3n) is 4.96. The predicted molar refractivity (Wildman–Crippen MR) is 129 cm³/mol. The van der Waals surface area contributed by atoms with Crippen LogP contribution in [0.5, 0.6) is 0 Å². The molecule has 0 spiro atoms. The Hall–Kier alpha value is -1.82. The zero-order valence-electron chi connectivity index (χ0n) is 18.6. The first kappa shape index (κ1) is 25.2. The van der Waals surface area contributed by atoms with Crippen molar-refractivity contribution in [2.75, 3.05) is 0 Å². The predicted octanol–water partition coefficient (Wildman–Crippen LogP) is 9.55. The van der Waals surface area contributed by atoms with E-state index < -0.39 is 0 Å². The molecule has 0 heterocycles. The molecule has 27 heavy (non-hydrogen) atoms. The van der Waals surface area contributed by atoms with Crippen molar-refractivity contribution in [2.45, 2.75) is 88.5 Å². The number of aryl methyl sites for hydroxylation is 2. The molecule has 3 aromatic rings. The van der Waals surface area contributed by atoms with Crippen molar-refractivity contribution in [3.63, 3.8) is 0 Å². The van der Waals surface area contributed by atoms with Gasteiger partial charge in [-0.3, -0.25) is 0 Å². The summed E-state index contributed by atoms with van der Waals surface area (Å²) in [4.78, 5) is 0. The summed E-state index contributed by atoms with van der Waals surface area (Å²) in [5.74, 6) is 1.13. The van der Waals surface area contributed by atoms with E-state index in [-0.39, 0.29) is 7.43 Å². The molecule has 0 fully saturated rings. The highest BCUT2D eigenvalue weighted by Crippen LogP contribution is 2.33. The fourth-order valence-electron chi connectivity index (χ4n) is 3.42. The van der Waals surface area contributed by atoms with Crippen LogP contribution in [0.25, 0.3) is 21.5 Å². The molecule has 0 unspecified atom stereocenters. The largest absolute Gasteiger partial charge is 0.0776 e. The molecular formula is C27H42. The molecule has 0 aromatic heterocycles. The molecule has 0 nitrogen and oxygen atoms in total. The van der Waals surface area contributed by atoms with Gasteiger partial charge in [0.25, 0.3) is 0 Å². The van der Waals surface area contributed by atoms with E-state index in [2.05, 4.69) is 77.9 Å². The Labute approximate surface area is 169 Å². The van der Waals surface area contributed by atoms with Gasteiger partial charge in [-0.2, -0.15) is 0 Å². The van der Waals surface area contributed by atoms with Gasteiger partial charge in [0, 0.05) is 0 Å². The number of rotatable bonds is 2. The number of fused-ring (bicyclic) bond motifs is 2. The van der Waals surface area contributed by atoms with E-state index in [1.807, 2.05) is 27.7 Å². The maximum atomic E-state index is 2.41. The van der Waals surface area contributed by atoms with Crippen LogP contribution in [-0.4, -0.2) is 0 Å². The molecule has 0 aliphatic heterocycles. The van der Waals surface area contributed by atoms with Crippen LogP contribution in [0, 0.1) is 13.8 Å². The lowest BCUT2D eigenvalue weighted by Crippen LogP contribution is -1.99. The van der Waals surface area contributed by atoms with Crippen molar-refractivity contribution < 1.29 is 0 Å². The average molecular weight is 367 g/mol. The molecule has 3 aromatic carbocycles. The summed E-state index contributed by atoms with van der Waals surface area (Å²) in [5.41, 5.74) is 5.76. The minimum atomic E-state index is 0. The second kappa shape index (κ2) is 11.1. The van der Waals surface area contributed by atoms with E-state index in [1.54, 1.807) is 0 Å². The Kier molecular flexibility index (Phi) is 10.4. The second-order valence-corrected chi connectivity index (χ2v) is 7.22. The van der Waals surface area contributed by atoms with Gasteiger partial charge in [-0.05, 0) is 81.6 Å². The highest BCUT2D eigenvalue weighted by Gasteiger charge is 2.12. The van der Waals surface area contributed by atoms with Crippen molar-refractivity contribution in [1.82, 2.24) is 0 Å². The van der Waals surface area contributed by atoms with Crippen molar-refractivity contribution in [2.24, 2.45) is 0 Å². The number of hydrogen-bond acceptors (Lipinski definition) is 0. The maximum absolute atomic E-state index is 2.41. The lowest BCUT2D eigenvalue weighted by atomic mass is 9.87. The van der Waals surface area contributed by atoms with Gasteiger partial charge in [0.05, 0.1) is 0 Å². The van der Waals surface area contributed by atoms with Gasteiger partial charge in [-0.1, -0.05) is 87.1 Å². The highest BCUT2D eigenvalue weighted by molar-refractivity contribution is 6.00. The third-order valence-corrected chi connectivity index (χ3v) is 4.96. The molecule has 0 saturated heterocycles. The summed E-state index contributed by atoms with van der Waals surface area (Å²) in [6.07, 6.45) is 0. The lowest BCUT2D eigenvalue weighted by Gasteiger charge is -2.18. The normalized spacial score (nSPS) is 10.2. The van der Waals surface area contributed by atoms with Crippen molar-refractivity contribution in [3.05, 3.63) is 58.7 Å². The monoisotopic (exact) mass is 366 g/mol. The fourth-order valence-corrected chi connectivity index (χ4v) is 3.42. The lowest BCUT2D eigenvalue weighted by molar-refractivity contribution is 0.793. The molecule has 0 bridgehead atoms. The molecular weight excluding hydrogens is 324 g/mol. The van der Waals surface area contributed by atoms with Gasteiger partial charge in [-0.25, -0.2) is 0 Å². The molecule has 3 rings (SSSR count). The van der Waals surface area contributed by atoms with E-state index >= 15 is 0 Å². The minimum absolute atomic E-state index is 0. The van der Waals surface area contributed by atoms with Gasteiger partial charge in [-0.15, -0.1) is 0 Å². The van der Waals surface area contributed by atoms with Crippen LogP contribution < -0.4 is 0 Å². The number of hydrogen-bond donors (Lipinski definition) is 0. The van der Waals surface area contributed by atoms with Gasteiger partial charge < -0.3 is 0 Å². The quantitative estimate of drug-likeness (QED) is 0.396. The topological polar surface area (TPSA) is 0 Å². The molecule has 0 heteroatoms. The summed E-state index contributed by atoms with van der Waals surface area (Å²) in [6, 6.07) is 14.0. The van der Waals surface area contributed by atoms with Crippen LogP contribution in [0.1, 0.15) is 96.9 Å². The molecule has 0 amide bonds. The van der Waals surface area contributed by atoms with Crippen LogP contribution in [0.4, 0.5) is 0 Å². The minimum Gasteiger partial charge on any atom is -0.0776 e. The number of benzene rings is 3. The Morgan fingerprint density at radius 2 is 1.04 bits per heavy atom. The standard InChI is InChI=1S/C22H26.2C2H6.CH4/c1-13(2)20-10-18-9-17-8-7-15(5)16(6)22(17)12-19(18)11-21(20)14(3)4;2*1-2;/h7-14H,1-6H3;2*1-2H3;1H4. The zero-order valence-corrected chi connectivity index (χ0v) is 18.6. The van der Waals surface area contributed by atoms with Crippen LogP contribution in [0.2, 0.25) is 0 Å². The first-order valence-corrected chi connectivity index (χ1v) is 10.4. The first-order chi connectivity index (χ1) is 12.4. The average Bonchev–Trinajstić information content (AvgIpc) is 2.65. The summed E-state index contributed by atoms with van der Waals surface area (Å²) < 4.78 is 0. The SMILES string of the molecule is C.CC.CC.Cc1ccc2cc3cc(C(C)C)c(C(C)C)cc3cc2c1C. The molecule has 0 saturated carbocycles. The fraction of sp³-hybridized carbons (Fsp3) is 0.481. The molecule has 0 radical (unpaired) electrons. The van der Waals surface area contributed by atoms with Gasteiger partial charge in [0.1, 0.15) is 0 Å². The van der Waals surface area contributed by atoms with Crippen LogP contribution >= 0.6 is 0 Å². The smallest absolute Gasteiger partial charge is 0.0146 e. The molecule has 150 valence electrons. The summed E-state index contributed by atoms with van der Waals surface area (Å²) >= 11 is 0. The Morgan fingerprint density at radius 1 is 0.593 bits per heavy atom. The van der Waals surface area contributed by atoms with Gasteiger partial charge >= 0.3 is 0 Å². The van der Waals surface area contributed by atoms with Gasteiger partial charge in [0.2, 0.25) is 0 Å². The van der Waals surface area contributed by atoms with Crippen LogP contribution in [-0.2, 0) is 0 Å². The van der Waals surface area contributed by atoms with E-state index in [0.29, 0.717) is 11.8 Å². The van der Waals surface area contributed by atoms with E-state index in [9.17, 15) is 0 Å². The summed E-state index contributed by atoms with van der Waals surface area (Å²) in [5, 5.41) is 5.47. The maximum Gasteiger partial charge on any atom is -0.0146 e. The Balaban J connectivity index is 0.00000127. The third kappa shape index (κ3) is 5.34. The van der Waals surface area contributed by atoms with E-state index in [1.165, 1.54) is 43.8 Å². The van der Waals surface area contributed by atoms with Crippen molar-refractivity contribution >= 4 is 21.5 Å². The van der Waals surface area contributed by atoms with Crippen molar-refractivity contribution in [3.8, 4) is 0 Å². The zero-order chi connectivity index (χ0) is 20.0. The molecule has 0 atom stereocenters. The van der Waals surface area contributed by atoms with E-state index in [4.69, 9.17) is 0 Å². The van der Waals surface area contributed by atoms with E-state index in [0.717, 1.165) is 0 Å². The second-order valence-electron chi connectivity index (χ2n) is 7.22. The highest BCUT2D eigenvalue weighted by atomic mass is 14.2. The first-order valence-electron chi connectivity index (χ1n) is 10.4. The molecule has 0 N–H and O–H groups in total. The van der Waals surface area contributed by atoms with Gasteiger partial charge in [0.15, 0.2) is 0 Å². The Bertz CT molecular complexity index is 851. The van der Waals surface area contributed by atoms with Crippen LogP contribution in [0.3, 0.4) is 0 Å². The molecule has 0 aliphatic rings.